The molecule has 2 atom stereocenters. The highest BCUT2D eigenvalue weighted by molar-refractivity contribution is 9.10. The molecule has 0 saturated carbocycles. The third-order valence-corrected chi connectivity index (χ3v) is 14.7. The summed E-state index contributed by atoms with van der Waals surface area (Å²) in [6.07, 6.45) is 12.5. The zero-order chi connectivity index (χ0) is 46.2. The topological polar surface area (TPSA) is 118 Å². The van der Waals surface area contributed by atoms with Crippen LogP contribution in [0.25, 0.3) is 65.7 Å². The number of pyridine rings is 2. The van der Waals surface area contributed by atoms with Gasteiger partial charge in [0.1, 0.15) is 6.10 Å². The van der Waals surface area contributed by atoms with Crippen LogP contribution in [0.4, 0.5) is 0 Å². The van der Waals surface area contributed by atoms with Crippen molar-refractivity contribution >= 4 is 108 Å². The molecule has 14 heteroatoms. The van der Waals surface area contributed by atoms with Crippen molar-refractivity contribution in [3.05, 3.63) is 154 Å². The third-order valence-electron chi connectivity index (χ3n) is 13.3. The maximum Gasteiger partial charge on any atom is 0.264 e. The molecule has 0 aliphatic carbocycles. The number of fused-ring (bicyclic) bond motifs is 10. The van der Waals surface area contributed by atoms with Crippen molar-refractivity contribution in [2.75, 3.05) is 32.7 Å². The van der Waals surface area contributed by atoms with Gasteiger partial charge < -0.3 is 28.2 Å². The van der Waals surface area contributed by atoms with E-state index in [0.29, 0.717) is 19.1 Å². The number of rotatable bonds is 7. The SMILES string of the molecule is CS(=O)(=O)O[C@@H](c1ccccc1)C1CCOCC1.Cn1ccc2c3c(ccc21)[nH]c1cc(Br)cnc13.Cn1ccc2c3c4ncc(Br)cc4n([C@H](c4ccccc4)C4CCOCC4)c3ccc21. The highest BCUT2D eigenvalue weighted by atomic mass is 79.9. The lowest BCUT2D eigenvalue weighted by Gasteiger charge is -2.33. The summed E-state index contributed by atoms with van der Waals surface area (Å²) in [6, 6.07) is 38.1. The Bertz CT molecular complexity index is 3470. The molecule has 0 unspecified atom stereocenters. The molecule has 11 nitrogen and oxygen atoms in total. The van der Waals surface area contributed by atoms with Gasteiger partial charge in [0.15, 0.2) is 0 Å². The van der Waals surface area contributed by atoms with Gasteiger partial charge in [-0.05, 0) is 129 Å². The van der Waals surface area contributed by atoms with E-state index in [1.807, 2.05) is 42.7 Å². The second-order valence-electron chi connectivity index (χ2n) is 17.6. The molecule has 2 saturated heterocycles. The van der Waals surface area contributed by atoms with Crippen LogP contribution in [0.2, 0.25) is 0 Å². The van der Waals surface area contributed by atoms with Gasteiger partial charge in [0.25, 0.3) is 10.1 Å². The van der Waals surface area contributed by atoms with E-state index in [-0.39, 0.29) is 12.0 Å². The number of aromatic amines is 1. The Labute approximate surface area is 406 Å². The van der Waals surface area contributed by atoms with Crippen LogP contribution in [0.3, 0.4) is 0 Å². The van der Waals surface area contributed by atoms with Crippen LogP contribution in [0, 0.1) is 11.8 Å². The highest BCUT2D eigenvalue weighted by Crippen LogP contribution is 2.43. The molecular weight excluding hydrogens is 992 g/mol. The molecule has 8 heterocycles. The van der Waals surface area contributed by atoms with Gasteiger partial charge in [-0.15, -0.1) is 0 Å². The summed E-state index contributed by atoms with van der Waals surface area (Å²) in [6.45, 7) is 2.99. The van der Waals surface area contributed by atoms with E-state index >= 15 is 0 Å². The van der Waals surface area contributed by atoms with Gasteiger partial charge in [0.2, 0.25) is 0 Å². The van der Waals surface area contributed by atoms with E-state index in [4.69, 9.17) is 18.6 Å². The molecule has 1 N–H and O–H groups in total. The van der Waals surface area contributed by atoms with Crippen LogP contribution in [0.15, 0.2) is 143 Å². The minimum atomic E-state index is -3.46. The largest absolute Gasteiger partial charge is 0.381 e. The fraction of sp³-hybridized carbons (Fsp3) is 0.283. The molecule has 6 aromatic heterocycles. The Morgan fingerprint density at radius 1 is 0.627 bits per heavy atom. The molecule has 2 aliphatic rings. The summed E-state index contributed by atoms with van der Waals surface area (Å²) < 4.78 is 48.0. The molecule has 0 radical (unpaired) electrons. The quantitative estimate of drug-likeness (QED) is 0.158. The van der Waals surface area contributed by atoms with Crippen LogP contribution in [-0.4, -0.2) is 69.8 Å². The monoisotopic (exact) mass is 1040 g/mol. The van der Waals surface area contributed by atoms with Gasteiger partial charge in [-0.2, -0.15) is 8.42 Å². The fourth-order valence-electron chi connectivity index (χ4n) is 10.2. The van der Waals surface area contributed by atoms with Crippen LogP contribution >= 0.6 is 31.9 Å². The summed E-state index contributed by atoms with van der Waals surface area (Å²) in [5.41, 5.74) is 11.5. The van der Waals surface area contributed by atoms with Crippen LogP contribution in [0.5, 0.6) is 0 Å². The van der Waals surface area contributed by atoms with E-state index in [1.165, 1.54) is 49.2 Å². The molecule has 12 rings (SSSR count). The molecule has 4 aromatic carbocycles. The molecule has 67 heavy (non-hydrogen) atoms. The van der Waals surface area contributed by atoms with Crippen molar-refractivity contribution in [2.24, 2.45) is 25.9 Å². The maximum atomic E-state index is 11.4. The van der Waals surface area contributed by atoms with Crippen molar-refractivity contribution in [1.29, 1.82) is 0 Å². The van der Waals surface area contributed by atoms with Gasteiger partial charge >= 0.3 is 0 Å². The molecule has 2 aliphatic heterocycles. The first-order chi connectivity index (χ1) is 32.5. The number of benzene rings is 4. The number of aromatic nitrogens is 6. The normalized spacial score (nSPS) is 16.1. The lowest BCUT2D eigenvalue weighted by atomic mass is 9.86. The molecule has 0 spiro atoms. The van der Waals surface area contributed by atoms with Gasteiger partial charge in [0.05, 0.1) is 39.9 Å². The predicted octanol–water partition coefficient (Wildman–Crippen LogP) is 12.6. The standard InChI is InChI=1S/C26H24BrN3O.C14H10BrN3.C13H18O4S/c1-29-12-9-20-21(29)7-8-22-24(20)25-23(15-19(27)16-28-25)30(22)26(17-5-3-2-4-6-17)18-10-13-31-14-11-18;1-18-5-4-9-12(18)3-2-10-13(9)14-11(17-10)6-8(15)7-16-14;1-18(14,15)17-13(11-5-3-2-4-6-11)12-7-9-16-10-8-12/h2-9,12,15-16,18,26H,10-11,13-14H2,1H3;2-7,17H,1H3;2-6,12-13H,7-10H2,1H3/t26-;;13-/m1.0/s1. The highest BCUT2D eigenvalue weighted by Gasteiger charge is 2.31. The van der Waals surface area contributed by atoms with Gasteiger partial charge in [-0.1, -0.05) is 60.7 Å². The van der Waals surface area contributed by atoms with Crippen LogP contribution in [-0.2, 0) is 37.9 Å². The summed E-state index contributed by atoms with van der Waals surface area (Å²) in [5.74, 6) is 0.705. The predicted molar refractivity (Wildman–Crippen MR) is 276 cm³/mol. The summed E-state index contributed by atoms with van der Waals surface area (Å²) in [7, 11) is 0.704. The minimum Gasteiger partial charge on any atom is -0.381 e. The average molecular weight is 1040 g/mol. The first kappa shape index (κ1) is 45.4. The summed E-state index contributed by atoms with van der Waals surface area (Å²) >= 11 is 7.14. The Morgan fingerprint density at radius 3 is 1.79 bits per heavy atom. The number of halogens is 2. The van der Waals surface area contributed by atoms with Crippen molar-refractivity contribution in [3.8, 4) is 0 Å². The van der Waals surface area contributed by atoms with Gasteiger partial charge in [-0.25, -0.2) is 0 Å². The number of aryl methyl sites for hydroxylation is 2. The number of ether oxygens (including phenoxy) is 2. The number of hydrogen-bond donors (Lipinski definition) is 1. The van der Waals surface area contributed by atoms with Gasteiger partial charge in [0, 0.05) is 112 Å². The molecule has 0 amide bonds. The Hall–Kier alpha value is -5.35. The number of nitrogens with zero attached hydrogens (tertiary/aromatic N) is 5. The van der Waals surface area contributed by atoms with Crippen molar-refractivity contribution in [2.45, 2.75) is 37.8 Å². The van der Waals surface area contributed by atoms with E-state index in [9.17, 15) is 8.42 Å². The van der Waals surface area contributed by atoms with Crippen molar-refractivity contribution < 1.29 is 22.1 Å². The number of nitrogens with one attached hydrogen (secondary N) is 1. The molecule has 344 valence electrons. The maximum absolute atomic E-state index is 11.4. The van der Waals surface area contributed by atoms with E-state index in [1.54, 1.807) is 0 Å². The number of H-pyrrole nitrogens is 1. The van der Waals surface area contributed by atoms with E-state index in [2.05, 4.69) is 161 Å². The van der Waals surface area contributed by atoms with Crippen molar-refractivity contribution in [1.82, 2.24) is 28.7 Å². The Morgan fingerprint density at radius 2 is 1.16 bits per heavy atom. The minimum absolute atomic E-state index is 0.191. The summed E-state index contributed by atoms with van der Waals surface area (Å²) in [5, 5.41) is 4.96. The second kappa shape index (κ2) is 19.3. The second-order valence-corrected chi connectivity index (χ2v) is 21.1. The Kier molecular flexibility index (Phi) is 13.1. The fourth-order valence-corrected chi connectivity index (χ4v) is 11.5. The molecular formula is C53H52Br2N6O5S. The van der Waals surface area contributed by atoms with Crippen LogP contribution < -0.4 is 0 Å². The molecule has 10 aromatic rings. The zero-order valence-corrected chi connectivity index (χ0v) is 41.6. The van der Waals surface area contributed by atoms with Crippen LogP contribution in [0.1, 0.15) is 49.0 Å². The van der Waals surface area contributed by atoms with Crippen molar-refractivity contribution in [3.63, 3.8) is 0 Å². The lowest BCUT2D eigenvalue weighted by Crippen LogP contribution is -2.26. The van der Waals surface area contributed by atoms with E-state index < -0.39 is 16.2 Å². The Balaban J connectivity index is 0.000000125. The first-order valence-electron chi connectivity index (χ1n) is 22.7. The summed E-state index contributed by atoms with van der Waals surface area (Å²) in [4.78, 5) is 12.9. The van der Waals surface area contributed by atoms with Gasteiger partial charge in [-0.3, -0.25) is 14.2 Å². The molecule has 0 bridgehead atoms. The van der Waals surface area contributed by atoms with E-state index in [0.717, 1.165) is 81.7 Å². The number of hydrogen-bond acceptors (Lipinski definition) is 7. The first-order valence-corrected chi connectivity index (χ1v) is 26.1. The lowest BCUT2D eigenvalue weighted by molar-refractivity contribution is 0.0196. The average Bonchev–Trinajstić information content (AvgIpc) is 4.11. The third kappa shape index (κ3) is 9.32. The molecule has 2 fully saturated rings. The smallest absolute Gasteiger partial charge is 0.264 e. The zero-order valence-electron chi connectivity index (χ0n) is 37.6.